The van der Waals surface area contributed by atoms with Crippen LogP contribution in [0.2, 0.25) is 0 Å². The molecule has 2 aliphatic rings. The highest BCUT2D eigenvalue weighted by Gasteiger charge is 2.39. The van der Waals surface area contributed by atoms with Crippen molar-refractivity contribution >= 4 is 0 Å². The number of fused-ring (bicyclic) bond motifs is 2. The normalized spacial score (nSPS) is 33.4. The summed E-state index contributed by atoms with van der Waals surface area (Å²) >= 11 is 0. The molecule has 3 unspecified atom stereocenters. The van der Waals surface area contributed by atoms with Crippen molar-refractivity contribution in [1.82, 2.24) is 5.32 Å². The predicted molar refractivity (Wildman–Crippen MR) is 75.1 cm³/mol. The Balaban J connectivity index is 1.77. The SMILES string of the molecule is CC(C)(C)CC(C)(C)NCC1CC2CCC1C2. The molecule has 2 rings (SSSR count). The lowest BCUT2D eigenvalue weighted by molar-refractivity contribution is 0.215. The third-order valence-corrected chi connectivity index (χ3v) is 4.70. The molecule has 0 spiro atoms. The molecule has 0 amide bonds. The smallest absolute Gasteiger partial charge is 0.0130 e. The van der Waals surface area contributed by atoms with E-state index in [0.717, 1.165) is 17.8 Å². The van der Waals surface area contributed by atoms with Crippen LogP contribution in [-0.4, -0.2) is 12.1 Å². The number of rotatable bonds is 4. The van der Waals surface area contributed by atoms with Gasteiger partial charge in [-0.05, 0) is 69.2 Å². The van der Waals surface area contributed by atoms with Crippen LogP contribution in [0.5, 0.6) is 0 Å². The summed E-state index contributed by atoms with van der Waals surface area (Å²) in [4.78, 5) is 0. The molecular formula is C16H31N. The van der Waals surface area contributed by atoms with Gasteiger partial charge in [0, 0.05) is 5.54 Å². The summed E-state index contributed by atoms with van der Waals surface area (Å²) in [6.45, 7) is 13.0. The van der Waals surface area contributed by atoms with E-state index < -0.39 is 0 Å². The molecule has 100 valence electrons. The monoisotopic (exact) mass is 237 g/mol. The fourth-order valence-electron chi connectivity index (χ4n) is 4.42. The molecule has 17 heavy (non-hydrogen) atoms. The fraction of sp³-hybridized carbons (Fsp3) is 1.00. The average molecular weight is 237 g/mol. The topological polar surface area (TPSA) is 12.0 Å². The van der Waals surface area contributed by atoms with E-state index >= 15 is 0 Å². The van der Waals surface area contributed by atoms with Gasteiger partial charge in [0.15, 0.2) is 0 Å². The largest absolute Gasteiger partial charge is 0.311 e. The summed E-state index contributed by atoms with van der Waals surface area (Å²) < 4.78 is 0. The van der Waals surface area contributed by atoms with Crippen molar-refractivity contribution in [3.8, 4) is 0 Å². The Kier molecular flexibility index (Phi) is 3.60. The van der Waals surface area contributed by atoms with Crippen molar-refractivity contribution in [2.24, 2.45) is 23.2 Å². The quantitative estimate of drug-likeness (QED) is 0.771. The van der Waals surface area contributed by atoms with Crippen LogP contribution in [-0.2, 0) is 0 Å². The second-order valence-corrected chi connectivity index (χ2v) is 8.44. The first kappa shape index (κ1) is 13.4. The maximum absolute atomic E-state index is 3.84. The first-order valence-electron chi connectivity index (χ1n) is 7.50. The Bertz CT molecular complexity index is 261. The van der Waals surface area contributed by atoms with Crippen molar-refractivity contribution in [2.45, 2.75) is 72.3 Å². The molecule has 2 aliphatic carbocycles. The maximum Gasteiger partial charge on any atom is 0.0130 e. The zero-order valence-corrected chi connectivity index (χ0v) is 12.5. The van der Waals surface area contributed by atoms with Gasteiger partial charge in [0.2, 0.25) is 0 Å². The van der Waals surface area contributed by atoms with Gasteiger partial charge in [-0.25, -0.2) is 0 Å². The van der Waals surface area contributed by atoms with Crippen molar-refractivity contribution < 1.29 is 0 Å². The van der Waals surface area contributed by atoms with Gasteiger partial charge in [-0.1, -0.05) is 27.2 Å². The van der Waals surface area contributed by atoms with Crippen LogP contribution in [0, 0.1) is 23.2 Å². The van der Waals surface area contributed by atoms with E-state index in [2.05, 4.69) is 39.9 Å². The minimum Gasteiger partial charge on any atom is -0.311 e. The maximum atomic E-state index is 3.84. The zero-order valence-electron chi connectivity index (χ0n) is 12.5. The van der Waals surface area contributed by atoms with Gasteiger partial charge < -0.3 is 5.32 Å². The minimum atomic E-state index is 0.292. The number of hydrogen-bond donors (Lipinski definition) is 1. The second kappa shape index (κ2) is 4.57. The van der Waals surface area contributed by atoms with Crippen LogP contribution >= 0.6 is 0 Å². The summed E-state index contributed by atoms with van der Waals surface area (Å²) in [5, 5.41) is 3.84. The molecule has 0 aliphatic heterocycles. The Morgan fingerprint density at radius 1 is 1.00 bits per heavy atom. The minimum absolute atomic E-state index is 0.292. The second-order valence-electron chi connectivity index (χ2n) is 8.44. The van der Waals surface area contributed by atoms with E-state index in [1.165, 1.54) is 38.6 Å². The molecular weight excluding hydrogens is 206 g/mol. The van der Waals surface area contributed by atoms with E-state index in [4.69, 9.17) is 0 Å². The standard InChI is InChI=1S/C16H31N/c1-15(2,3)11-16(4,5)17-10-14-9-12-6-7-13(14)8-12/h12-14,17H,6-11H2,1-5H3. The summed E-state index contributed by atoms with van der Waals surface area (Å²) in [5.74, 6) is 3.11. The molecule has 1 N–H and O–H groups in total. The number of nitrogens with one attached hydrogen (secondary N) is 1. The van der Waals surface area contributed by atoms with Crippen molar-refractivity contribution in [2.75, 3.05) is 6.54 Å². The molecule has 0 aromatic carbocycles. The Morgan fingerprint density at radius 2 is 1.71 bits per heavy atom. The van der Waals surface area contributed by atoms with E-state index in [-0.39, 0.29) is 0 Å². The highest BCUT2D eigenvalue weighted by molar-refractivity contribution is 4.92. The molecule has 1 heteroatoms. The van der Waals surface area contributed by atoms with Gasteiger partial charge >= 0.3 is 0 Å². The third-order valence-electron chi connectivity index (χ3n) is 4.70. The fourth-order valence-corrected chi connectivity index (χ4v) is 4.42. The Morgan fingerprint density at radius 3 is 2.18 bits per heavy atom. The molecule has 2 saturated carbocycles. The molecule has 0 radical (unpaired) electrons. The lowest BCUT2D eigenvalue weighted by atomic mass is 9.81. The highest BCUT2D eigenvalue weighted by atomic mass is 15.0. The van der Waals surface area contributed by atoms with Gasteiger partial charge in [-0.15, -0.1) is 0 Å². The summed E-state index contributed by atoms with van der Waals surface area (Å²) in [6, 6.07) is 0. The third kappa shape index (κ3) is 3.71. The molecule has 1 nitrogen and oxygen atoms in total. The highest BCUT2D eigenvalue weighted by Crippen LogP contribution is 2.48. The van der Waals surface area contributed by atoms with Gasteiger partial charge in [0.05, 0.1) is 0 Å². The van der Waals surface area contributed by atoms with Gasteiger partial charge in [-0.3, -0.25) is 0 Å². The first-order valence-corrected chi connectivity index (χ1v) is 7.50. The van der Waals surface area contributed by atoms with Crippen molar-refractivity contribution in [1.29, 1.82) is 0 Å². The van der Waals surface area contributed by atoms with Crippen LogP contribution < -0.4 is 5.32 Å². The van der Waals surface area contributed by atoms with Gasteiger partial charge in [0.1, 0.15) is 0 Å². The van der Waals surface area contributed by atoms with E-state index in [9.17, 15) is 0 Å². The lowest BCUT2D eigenvalue weighted by Crippen LogP contribution is -2.45. The Hall–Kier alpha value is -0.0400. The first-order chi connectivity index (χ1) is 7.75. The summed E-state index contributed by atoms with van der Waals surface area (Å²) in [7, 11) is 0. The van der Waals surface area contributed by atoms with Crippen LogP contribution in [0.3, 0.4) is 0 Å². The van der Waals surface area contributed by atoms with Crippen LogP contribution in [0.15, 0.2) is 0 Å². The van der Waals surface area contributed by atoms with Crippen LogP contribution in [0.25, 0.3) is 0 Å². The molecule has 0 saturated heterocycles. The molecule has 3 atom stereocenters. The van der Waals surface area contributed by atoms with E-state index in [1.807, 2.05) is 0 Å². The zero-order chi connectivity index (χ0) is 12.7. The van der Waals surface area contributed by atoms with Gasteiger partial charge in [0.25, 0.3) is 0 Å². The molecule has 0 aromatic heterocycles. The average Bonchev–Trinajstić information content (AvgIpc) is 2.71. The van der Waals surface area contributed by atoms with E-state index in [0.29, 0.717) is 11.0 Å². The van der Waals surface area contributed by atoms with Crippen molar-refractivity contribution in [3.63, 3.8) is 0 Å². The van der Waals surface area contributed by atoms with Crippen LogP contribution in [0.4, 0.5) is 0 Å². The van der Waals surface area contributed by atoms with E-state index in [1.54, 1.807) is 0 Å². The molecule has 0 aromatic rings. The molecule has 2 bridgehead atoms. The summed E-state index contributed by atoms with van der Waals surface area (Å²) in [5.41, 5.74) is 0.714. The Labute approximate surface area is 108 Å². The molecule has 0 heterocycles. The molecule has 2 fully saturated rings. The van der Waals surface area contributed by atoms with Crippen LogP contribution in [0.1, 0.15) is 66.7 Å². The number of hydrogen-bond acceptors (Lipinski definition) is 1. The van der Waals surface area contributed by atoms with Gasteiger partial charge in [-0.2, -0.15) is 0 Å². The predicted octanol–water partition coefficient (Wildman–Crippen LogP) is 4.23. The summed E-state index contributed by atoms with van der Waals surface area (Å²) in [6.07, 6.45) is 7.32. The van der Waals surface area contributed by atoms with Crippen molar-refractivity contribution in [3.05, 3.63) is 0 Å². The lowest BCUT2D eigenvalue weighted by Gasteiger charge is -2.35.